The molecule has 3 rings (SSSR count). The smallest absolute Gasteiger partial charge is 0.205 e. The molecule has 0 saturated carbocycles. The quantitative estimate of drug-likeness (QED) is 0.916. The van der Waals surface area contributed by atoms with Gasteiger partial charge in [-0.05, 0) is 30.9 Å². The summed E-state index contributed by atoms with van der Waals surface area (Å²) in [4.78, 5) is 2.42. The molecule has 0 fully saturated rings. The highest BCUT2D eigenvalue weighted by Gasteiger charge is 2.17. The molecule has 0 atom stereocenters. The van der Waals surface area contributed by atoms with Crippen LogP contribution in [-0.4, -0.2) is 23.3 Å². The molecule has 0 radical (unpaired) electrons. The predicted octanol–water partition coefficient (Wildman–Crippen LogP) is 3.31. The number of benzene rings is 1. The van der Waals surface area contributed by atoms with E-state index in [1.54, 1.807) is 11.3 Å². The van der Waals surface area contributed by atoms with E-state index in [0.717, 1.165) is 36.2 Å². The van der Waals surface area contributed by atoms with Gasteiger partial charge in [-0.1, -0.05) is 36.5 Å². The maximum atomic E-state index is 4.30. The molecule has 0 spiro atoms. The fourth-order valence-electron chi connectivity index (χ4n) is 2.56. The van der Waals surface area contributed by atoms with E-state index in [9.17, 15) is 0 Å². The Kier molecular flexibility index (Phi) is 4.16. The highest BCUT2D eigenvalue weighted by molar-refractivity contribution is 7.15. The van der Waals surface area contributed by atoms with Gasteiger partial charge in [0.05, 0.1) is 6.54 Å². The van der Waals surface area contributed by atoms with Gasteiger partial charge in [-0.3, -0.25) is 0 Å². The number of rotatable bonds is 5. The number of aromatic nitrogens is 2. The summed E-state index contributed by atoms with van der Waals surface area (Å²) >= 11 is 1.67. The van der Waals surface area contributed by atoms with E-state index in [1.807, 2.05) is 0 Å². The lowest BCUT2D eigenvalue weighted by molar-refractivity contribution is 0.686. The van der Waals surface area contributed by atoms with Crippen molar-refractivity contribution in [3.05, 3.63) is 34.8 Å². The van der Waals surface area contributed by atoms with Crippen LogP contribution in [0.15, 0.2) is 24.3 Å². The molecule has 0 bridgehead atoms. The summed E-state index contributed by atoms with van der Waals surface area (Å²) in [6.45, 7) is 5.08. The second kappa shape index (κ2) is 6.22. The Labute approximate surface area is 123 Å². The van der Waals surface area contributed by atoms with Crippen LogP contribution < -0.4 is 10.2 Å². The Balaban J connectivity index is 1.71. The van der Waals surface area contributed by atoms with Crippen molar-refractivity contribution >= 4 is 22.2 Å². The summed E-state index contributed by atoms with van der Waals surface area (Å²) in [5.41, 5.74) is 2.81. The average molecular weight is 288 g/mol. The number of aryl methyl sites for hydroxylation is 1. The largest absolute Gasteiger partial charge is 0.364 e. The van der Waals surface area contributed by atoms with Crippen LogP contribution in [0.25, 0.3) is 0 Å². The number of nitrogens with zero attached hydrogens (tertiary/aromatic N) is 3. The molecule has 0 unspecified atom stereocenters. The zero-order valence-electron chi connectivity index (χ0n) is 11.8. The van der Waals surface area contributed by atoms with Crippen molar-refractivity contribution in [2.45, 2.75) is 32.7 Å². The van der Waals surface area contributed by atoms with Crippen LogP contribution in [0, 0.1) is 0 Å². The molecule has 1 aliphatic heterocycles. The van der Waals surface area contributed by atoms with Crippen LogP contribution in [0.3, 0.4) is 0 Å². The Morgan fingerprint density at radius 3 is 3.10 bits per heavy atom. The van der Waals surface area contributed by atoms with Gasteiger partial charge in [-0.15, -0.1) is 10.2 Å². The molecule has 1 aliphatic rings. The van der Waals surface area contributed by atoms with Crippen molar-refractivity contribution in [1.82, 2.24) is 10.2 Å². The maximum Gasteiger partial charge on any atom is 0.205 e. The Morgan fingerprint density at radius 1 is 1.30 bits per heavy atom. The topological polar surface area (TPSA) is 41.1 Å². The summed E-state index contributed by atoms with van der Waals surface area (Å²) in [5.74, 6) is 0. The highest BCUT2D eigenvalue weighted by Crippen LogP contribution is 2.29. The fraction of sp³-hybridized carbons (Fsp3) is 0.467. The zero-order chi connectivity index (χ0) is 13.8. The van der Waals surface area contributed by atoms with Gasteiger partial charge >= 0.3 is 0 Å². The minimum Gasteiger partial charge on any atom is -0.364 e. The normalized spacial score (nSPS) is 14.2. The Hall–Kier alpha value is -1.62. The van der Waals surface area contributed by atoms with Crippen molar-refractivity contribution in [2.75, 3.05) is 23.3 Å². The van der Waals surface area contributed by atoms with Gasteiger partial charge in [-0.25, -0.2) is 0 Å². The number of hydrogen-bond acceptors (Lipinski definition) is 5. The SMILES string of the molecule is CCCNc1nnc(CN2CCCc3ccccc32)s1. The first-order chi connectivity index (χ1) is 9.86. The summed E-state index contributed by atoms with van der Waals surface area (Å²) < 4.78 is 0. The molecule has 1 aromatic carbocycles. The molecular formula is C15H20N4S. The number of fused-ring (bicyclic) bond motifs is 1. The maximum absolute atomic E-state index is 4.30. The molecule has 0 aliphatic carbocycles. The molecule has 0 saturated heterocycles. The number of hydrogen-bond donors (Lipinski definition) is 1. The molecule has 2 aromatic rings. The van der Waals surface area contributed by atoms with Gasteiger partial charge in [0.15, 0.2) is 0 Å². The van der Waals surface area contributed by atoms with Crippen LogP contribution in [0.2, 0.25) is 0 Å². The van der Waals surface area contributed by atoms with E-state index in [4.69, 9.17) is 0 Å². The number of nitrogens with one attached hydrogen (secondary N) is 1. The first-order valence-electron chi connectivity index (χ1n) is 7.26. The van der Waals surface area contributed by atoms with Crippen molar-refractivity contribution < 1.29 is 0 Å². The third-order valence-electron chi connectivity index (χ3n) is 3.53. The first-order valence-corrected chi connectivity index (χ1v) is 8.07. The van der Waals surface area contributed by atoms with Crippen LogP contribution >= 0.6 is 11.3 Å². The van der Waals surface area contributed by atoms with Crippen LogP contribution in [0.1, 0.15) is 30.3 Å². The van der Waals surface area contributed by atoms with Gasteiger partial charge in [0.1, 0.15) is 5.01 Å². The number of para-hydroxylation sites is 1. The summed E-state index contributed by atoms with van der Waals surface area (Å²) in [5, 5.41) is 13.8. The van der Waals surface area contributed by atoms with E-state index in [1.165, 1.54) is 24.1 Å². The lowest BCUT2D eigenvalue weighted by atomic mass is 10.0. The van der Waals surface area contributed by atoms with Crippen molar-refractivity contribution in [2.24, 2.45) is 0 Å². The third kappa shape index (κ3) is 2.93. The minimum absolute atomic E-state index is 0.864. The monoisotopic (exact) mass is 288 g/mol. The molecule has 4 nitrogen and oxygen atoms in total. The van der Waals surface area contributed by atoms with E-state index in [2.05, 4.69) is 51.6 Å². The molecule has 20 heavy (non-hydrogen) atoms. The fourth-order valence-corrected chi connectivity index (χ4v) is 3.34. The third-order valence-corrected chi connectivity index (χ3v) is 4.39. The highest BCUT2D eigenvalue weighted by atomic mass is 32.1. The molecule has 0 amide bonds. The Bertz CT molecular complexity index is 567. The van der Waals surface area contributed by atoms with Gasteiger partial charge in [0.2, 0.25) is 5.13 Å². The lowest BCUT2D eigenvalue weighted by Gasteiger charge is -2.30. The molecule has 1 N–H and O–H groups in total. The molecule has 1 aromatic heterocycles. The van der Waals surface area contributed by atoms with Crippen LogP contribution in [-0.2, 0) is 13.0 Å². The van der Waals surface area contributed by atoms with Crippen molar-refractivity contribution in [1.29, 1.82) is 0 Å². The Morgan fingerprint density at radius 2 is 2.20 bits per heavy atom. The average Bonchev–Trinajstić information content (AvgIpc) is 2.93. The second-order valence-corrected chi connectivity index (χ2v) is 6.14. The lowest BCUT2D eigenvalue weighted by Crippen LogP contribution is -2.28. The van der Waals surface area contributed by atoms with E-state index in [-0.39, 0.29) is 0 Å². The van der Waals surface area contributed by atoms with E-state index >= 15 is 0 Å². The van der Waals surface area contributed by atoms with E-state index in [0.29, 0.717) is 0 Å². The summed E-state index contributed by atoms with van der Waals surface area (Å²) in [6, 6.07) is 8.69. The molecule has 2 heterocycles. The molecule has 5 heteroatoms. The van der Waals surface area contributed by atoms with Crippen molar-refractivity contribution in [3.8, 4) is 0 Å². The number of anilines is 2. The first kappa shape index (κ1) is 13.4. The van der Waals surface area contributed by atoms with Gasteiger partial charge < -0.3 is 10.2 Å². The van der Waals surface area contributed by atoms with Gasteiger partial charge in [0.25, 0.3) is 0 Å². The van der Waals surface area contributed by atoms with E-state index < -0.39 is 0 Å². The minimum atomic E-state index is 0.864. The molecular weight excluding hydrogens is 268 g/mol. The predicted molar refractivity (Wildman–Crippen MR) is 84.5 cm³/mol. The van der Waals surface area contributed by atoms with Gasteiger partial charge in [-0.2, -0.15) is 0 Å². The van der Waals surface area contributed by atoms with Crippen LogP contribution in [0.4, 0.5) is 10.8 Å². The second-order valence-electron chi connectivity index (χ2n) is 5.08. The van der Waals surface area contributed by atoms with Gasteiger partial charge in [0, 0.05) is 18.8 Å². The standard InChI is InChI=1S/C15H20N4S/c1-2-9-16-15-18-17-14(20-15)11-19-10-5-7-12-6-3-4-8-13(12)19/h3-4,6,8H,2,5,7,9-11H2,1H3,(H,16,18). The summed E-state index contributed by atoms with van der Waals surface area (Å²) in [7, 11) is 0. The summed E-state index contributed by atoms with van der Waals surface area (Å²) in [6.07, 6.45) is 3.51. The van der Waals surface area contributed by atoms with Crippen molar-refractivity contribution in [3.63, 3.8) is 0 Å². The zero-order valence-corrected chi connectivity index (χ0v) is 12.6. The molecule has 106 valence electrons. The van der Waals surface area contributed by atoms with Crippen LogP contribution in [0.5, 0.6) is 0 Å².